The number of hydrogen-bond donors (Lipinski definition) is 1. The first kappa shape index (κ1) is 17.4. The third kappa shape index (κ3) is 3.56. The number of aromatic nitrogens is 3. The number of nitrogens with zero attached hydrogens (tertiary/aromatic N) is 3. The summed E-state index contributed by atoms with van der Waals surface area (Å²) in [7, 11) is 0. The lowest BCUT2D eigenvalue weighted by molar-refractivity contribution is 0.441. The number of benzene rings is 3. The Morgan fingerprint density at radius 2 is 1.66 bits per heavy atom. The van der Waals surface area contributed by atoms with Crippen LogP contribution in [0.1, 0.15) is 0 Å². The summed E-state index contributed by atoms with van der Waals surface area (Å²) in [6.07, 6.45) is 1.73. The van der Waals surface area contributed by atoms with Gasteiger partial charge in [0, 0.05) is 28.0 Å². The maximum absolute atomic E-state index is 5.94. The van der Waals surface area contributed by atoms with Crippen molar-refractivity contribution in [2.45, 2.75) is 0 Å². The minimum atomic E-state index is 0.513. The van der Waals surface area contributed by atoms with Crippen molar-refractivity contribution >= 4 is 34.1 Å². The average Bonchev–Trinajstić information content (AvgIpc) is 3.19. The number of rotatable bonds is 4. The second kappa shape index (κ2) is 7.37. The van der Waals surface area contributed by atoms with Gasteiger partial charge in [0.05, 0.1) is 11.1 Å². The second-order valence-corrected chi connectivity index (χ2v) is 6.94. The van der Waals surface area contributed by atoms with Crippen LogP contribution in [0.15, 0.2) is 89.6 Å². The van der Waals surface area contributed by atoms with Crippen LogP contribution in [0.3, 0.4) is 0 Å². The van der Waals surface area contributed by atoms with Crippen LogP contribution in [-0.2, 0) is 0 Å². The highest BCUT2D eigenvalue weighted by Crippen LogP contribution is 2.31. The monoisotopic (exact) mass is 398 g/mol. The third-order valence-corrected chi connectivity index (χ3v) is 4.82. The largest absolute Gasteiger partial charge is 0.355 e. The molecule has 2 heterocycles. The van der Waals surface area contributed by atoms with Gasteiger partial charge in [0.25, 0.3) is 0 Å². The van der Waals surface area contributed by atoms with E-state index >= 15 is 0 Å². The first-order valence-corrected chi connectivity index (χ1v) is 9.45. The van der Waals surface area contributed by atoms with Crippen molar-refractivity contribution in [1.29, 1.82) is 0 Å². The molecule has 0 atom stereocenters. The van der Waals surface area contributed by atoms with E-state index in [1.807, 2.05) is 78.9 Å². The lowest BCUT2D eigenvalue weighted by atomic mass is 10.0. The fraction of sp³-hybridized carbons (Fsp3) is 0. The summed E-state index contributed by atoms with van der Waals surface area (Å²) >= 11 is 5.94. The van der Waals surface area contributed by atoms with Gasteiger partial charge in [0.15, 0.2) is 5.76 Å². The van der Waals surface area contributed by atoms with Crippen LogP contribution >= 0.6 is 11.6 Å². The van der Waals surface area contributed by atoms with E-state index in [0.717, 1.165) is 39.2 Å². The number of halogens is 1. The van der Waals surface area contributed by atoms with Crippen LogP contribution in [0.2, 0.25) is 5.02 Å². The summed E-state index contributed by atoms with van der Waals surface area (Å²) in [6, 6.07) is 25.2. The third-order valence-electron chi connectivity index (χ3n) is 4.56. The van der Waals surface area contributed by atoms with Crippen LogP contribution in [0.5, 0.6) is 0 Å². The molecule has 0 amide bonds. The molecule has 0 aliphatic heterocycles. The molecule has 29 heavy (non-hydrogen) atoms. The van der Waals surface area contributed by atoms with E-state index in [1.165, 1.54) is 0 Å². The molecular formula is C23H15ClN4O. The van der Waals surface area contributed by atoms with Crippen molar-refractivity contribution in [3.63, 3.8) is 0 Å². The molecule has 6 heteroatoms. The van der Waals surface area contributed by atoms with Crippen molar-refractivity contribution < 1.29 is 4.52 Å². The van der Waals surface area contributed by atoms with Crippen LogP contribution in [0.25, 0.3) is 33.5 Å². The molecule has 1 N–H and O–H groups in total. The molecule has 0 saturated heterocycles. The van der Waals surface area contributed by atoms with Gasteiger partial charge >= 0.3 is 0 Å². The summed E-state index contributed by atoms with van der Waals surface area (Å²) in [5.74, 6) is 1.26. The van der Waals surface area contributed by atoms with E-state index in [1.54, 1.807) is 6.20 Å². The van der Waals surface area contributed by atoms with Gasteiger partial charge in [-0.1, -0.05) is 53.2 Å². The SMILES string of the molecule is Clc1ccc(Nc2nccc(-c3ccc4noc(-c5ccccc5)c4c3)n2)cc1. The molecule has 0 radical (unpaired) electrons. The Balaban J connectivity index is 1.51. The molecular weight excluding hydrogens is 384 g/mol. The van der Waals surface area contributed by atoms with Crippen molar-refractivity contribution in [2.24, 2.45) is 0 Å². The summed E-state index contributed by atoms with van der Waals surface area (Å²) in [5, 5.41) is 9.00. The normalized spacial score (nSPS) is 10.9. The summed E-state index contributed by atoms with van der Waals surface area (Å²) < 4.78 is 5.60. The van der Waals surface area contributed by atoms with Crippen molar-refractivity contribution in [3.05, 3.63) is 90.1 Å². The molecule has 0 saturated carbocycles. The number of anilines is 2. The van der Waals surface area contributed by atoms with Gasteiger partial charge in [0.1, 0.15) is 5.52 Å². The van der Waals surface area contributed by atoms with Crippen molar-refractivity contribution in [1.82, 2.24) is 15.1 Å². The van der Waals surface area contributed by atoms with Crippen LogP contribution in [0, 0.1) is 0 Å². The molecule has 5 nitrogen and oxygen atoms in total. The molecule has 0 unspecified atom stereocenters. The Labute approximate surface area is 172 Å². The van der Waals surface area contributed by atoms with Gasteiger partial charge in [-0.05, 0) is 42.5 Å². The van der Waals surface area contributed by atoms with Gasteiger partial charge in [-0.3, -0.25) is 0 Å². The predicted molar refractivity (Wildman–Crippen MR) is 115 cm³/mol. The number of hydrogen-bond acceptors (Lipinski definition) is 5. The van der Waals surface area contributed by atoms with Crippen molar-refractivity contribution in [2.75, 3.05) is 5.32 Å². The molecule has 140 valence electrons. The zero-order chi connectivity index (χ0) is 19.6. The molecule has 0 bridgehead atoms. The van der Waals surface area contributed by atoms with E-state index in [0.29, 0.717) is 11.0 Å². The van der Waals surface area contributed by atoms with Gasteiger partial charge in [-0.15, -0.1) is 0 Å². The summed E-state index contributed by atoms with van der Waals surface area (Å²) in [5.41, 5.74) is 4.42. The first-order valence-electron chi connectivity index (χ1n) is 9.07. The Morgan fingerprint density at radius 3 is 2.48 bits per heavy atom. The molecule has 0 aliphatic rings. The molecule has 0 fully saturated rings. The Kier molecular flexibility index (Phi) is 4.42. The zero-order valence-corrected chi connectivity index (χ0v) is 16.0. The lowest BCUT2D eigenvalue weighted by Gasteiger charge is -2.07. The number of fused-ring (bicyclic) bond motifs is 1. The van der Waals surface area contributed by atoms with E-state index in [-0.39, 0.29) is 0 Å². The molecule has 0 spiro atoms. The van der Waals surface area contributed by atoms with E-state index in [4.69, 9.17) is 16.1 Å². The molecule has 2 aromatic heterocycles. The maximum Gasteiger partial charge on any atom is 0.227 e. The van der Waals surface area contributed by atoms with Gasteiger partial charge in [-0.25, -0.2) is 9.97 Å². The van der Waals surface area contributed by atoms with Crippen LogP contribution < -0.4 is 5.32 Å². The molecule has 5 rings (SSSR count). The van der Waals surface area contributed by atoms with Crippen LogP contribution in [-0.4, -0.2) is 15.1 Å². The van der Waals surface area contributed by atoms with Gasteiger partial charge < -0.3 is 9.84 Å². The zero-order valence-electron chi connectivity index (χ0n) is 15.2. The second-order valence-electron chi connectivity index (χ2n) is 6.51. The lowest BCUT2D eigenvalue weighted by Crippen LogP contribution is -1.97. The highest BCUT2D eigenvalue weighted by atomic mass is 35.5. The van der Waals surface area contributed by atoms with Gasteiger partial charge in [0.2, 0.25) is 5.95 Å². The summed E-state index contributed by atoms with van der Waals surface area (Å²) in [6.45, 7) is 0. The molecule has 5 aromatic rings. The van der Waals surface area contributed by atoms with Crippen molar-refractivity contribution in [3.8, 4) is 22.6 Å². The van der Waals surface area contributed by atoms with E-state index in [2.05, 4.69) is 20.4 Å². The van der Waals surface area contributed by atoms with Gasteiger partial charge in [-0.2, -0.15) is 0 Å². The molecule has 0 aliphatic carbocycles. The Hall–Kier alpha value is -3.70. The average molecular weight is 399 g/mol. The smallest absolute Gasteiger partial charge is 0.227 e. The number of nitrogens with one attached hydrogen (secondary N) is 1. The maximum atomic E-state index is 5.94. The molecule has 3 aromatic carbocycles. The fourth-order valence-electron chi connectivity index (χ4n) is 3.14. The topological polar surface area (TPSA) is 63.8 Å². The Bertz CT molecular complexity index is 1280. The minimum Gasteiger partial charge on any atom is -0.355 e. The fourth-order valence-corrected chi connectivity index (χ4v) is 3.27. The standard InChI is InChI=1S/C23H15ClN4O/c24-17-7-9-18(10-8-17)26-23-25-13-12-20(27-23)16-6-11-21-19(14-16)22(29-28-21)15-4-2-1-3-5-15/h1-14H,(H,25,26,27). The van der Waals surface area contributed by atoms with E-state index < -0.39 is 0 Å². The first-order chi connectivity index (χ1) is 14.3. The summed E-state index contributed by atoms with van der Waals surface area (Å²) in [4.78, 5) is 8.96. The van der Waals surface area contributed by atoms with Crippen LogP contribution in [0.4, 0.5) is 11.6 Å². The highest BCUT2D eigenvalue weighted by Gasteiger charge is 2.12. The highest BCUT2D eigenvalue weighted by molar-refractivity contribution is 6.30. The Morgan fingerprint density at radius 1 is 0.828 bits per heavy atom. The predicted octanol–water partition coefficient (Wildman–Crippen LogP) is 6.35. The minimum absolute atomic E-state index is 0.513. The van der Waals surface area contributed by atoms with E-state index in [9.17, 15) is 0 Å². The quantitative estimate of drug-likeness (QED) is 0.382.